The summed E-state index contributed by atoms with van der Waals surface area (Å²) < 4.78 is 46.6. The lowest BCUT2D eigenvalue weighted by molar-refractivity contribution is -0.180. The van der Waals surface area contributed by atoms with Gasteiger partial charge in [-0.25, -0.2) is 9.78 Å². The highest BCUT2D eigenvalue weighted by Crippen LogP contribution is 2.63. The summed E-state index contributed by atoms with van der Waals surface area (Å²) in [5, 5.41) is 12.6. The predicted molar refractivity (Wildman–Crippen MR) is 169 cm³/mol. The zero-order chi connectivity index (χ0) is 33.3. The molecular weight excluding hydrogens is 601 g/mol. The van der Waals surface area contributed by atoms with Crippen molar-refractivity contribution in [2.45, 2.75) is 64.1 Å². The summed E-state index contributed by atoms with van der Waals surface area (Å²) in [7, 11) is 2.04. The Kier molecular flexibility index (Phi) is 11.7. The average molecular weight is 647 g/mol. The van der Waals surface area contributed by atoms with Gasteiger partial charge in [-0.3, -0.25) is 15.2 Å². The van der Waals surface area contributed by atoms with Crippen LogP contribution >= 0.6 is 0 Å². The quantitative estimate of drug-likeness (QED) is 0.212. The number of rotatable bonds is 10. The molecule has 3 heterocycles. The number of pyridine rings is 1. The second-order valence-corrected chi connectivity index (χ2v) is 12.2. The standard InChI is InChI=1S/C20H26F3N5O.C12H19N3O2/c1-12-4-13-5-14(16-8-26-27-18(12)16)9-28(10-15(6-13)25-11-29)17(7-24)19(2-3-19)20(21,22)23;1-3-15(2)9-6-10-17-12(16)14-11-7-4-5-8-13-11/h4,7-8,11,13-15H,2-3,5-6,9-10,24H2,1H3,(H,25,29)(H,26,27);4-5,7-8H,3,6,9-10H2,1-2H3,(H,13,14,16)/b17-7-;. The number of amides is 2. The summed E-state index contributed by atoms with van der Waals surface area (Å²) in [6, 6.07) is 5.05. The van der Waals surface area contributed by atoms with E-state index in [9.17, 15) is 22.8 Å². The van der Waals surface area contributed by atoms with E-state index in [0.29, 0.717) is 38.3 Å². The number of nitrogens with two attached hydrogens (primary N) is 1. The van der Waals surface area contributed by atoms with Crippen LogP contribution in [0.15, 0.2) is 48.6 Å². The highest BCUT2D eigenvalue weighted by atomic mass is 19.4. The molecule has 0 spiro atoms. The van der Waals surface area contributed by atoms with Crippen molar-refractivity contribution >= 4 is 23.9 Å². The van der Waals surface area contributed by atoms with Gasteiger partial charge in [0, 0.05) is 55.3 Å². The molecule has 252 valence electrons. The van der Waals surface area contributed by atoms with E-state index >= 15 is 0 Å². The summed E-state index contributed by atoms with van der Waals surface area (Å²) in [5.74, 6) is 0.755. The number of ether oxygens (including phenoxy) is 1. The third-order valence-corrected chi connectivity index (χ3v) is 8.98. The first-order valence-corrected chi connectivity index (χ1v) is 15.7. The molecule has 3 unspecified atom stereocenters. The second-order valence-electron chi connectivity index (χ2n) is 12.2. The van der Waals surface area contributed by atoms with Crippen LogP contribution in [0.25, 0.3) is 5.57 Å². The number of carbonyl (C=O) groups is 2. The van der Waals surface area contributed by atoms with Gasteiger partial charge in [0.1, 0.15) is 11.2 Å². The van der Waals surface area contributed by atoms with Crippen LogP contribution in [0, 0.1) is 11.3 Å². The lowest BCUT2D eigenvalue weighted by Gasteiger charge is -2.40. The number of likely N-dealkylation sites (tertiary alicyclic amines) is 1. The fourth-order valence-electron chi connectivity index (χ4n) is 6.33. The summed E-state index contributed by atoms with van der Waals surface area (Å²) in [6.45, 7) is 7.15. The fraction of sp³-hybridized carbons (Fsp3) is 0.562. The minimum atomic E-state index is -4.35. The van der Waals surface area contributed by atoms with Gasteiger partial charge < -0.3 is 25.6 Å². The zero-order valence-corrected chi connectivity index (χ0v) is 26.6. The molecule has 2 aromatic rings. The molecule has 1 aliphatic heterocycles. The normalized spacial score (nSPS) is 22.2. The molecule has 0 radical (unpaired) electrons. The summed E-state index contributed by atoms with van der Waals surface area (Å²) in [6.07, 6.45) is 4.91. The summed E-state index contributed by atoms with van der Waals surface area (Å²) >= 11 is 0. The Morgan fingerprint density at radius 3 is 2.70 bits per heavy atom. The van der Waals surface area contributed by atoms with Crippen LogP contribution in [-0.4, -0.2) is 89.5 Å². The lowest BCUT2D eigenvalue weighted by atomic mass is 9.84. The topological polar surface area (TPSA) is 142 Å². The Hall–Kier alpha value is -4.07. The molecule has 2 fully saturated rings. The van der Waals surface area contributed by atoms with Crippen LogP contribution in [-0.2, 0) is 9.53 Å². The van der Waals surface area contributed by atoms with Crippen molar-refractivity contribution in [3.8, 4) is 0 Å². The Balaban J connectivity index is 0.000000242. The van der Waals surface area contributed by atoms with E-state index in [-0.39, 0.29) is 36.4 Å². The number of nitrogens with zero attached hydrogens (tertiary/aromatic N) is 4. The highest BCUT2D eigenvalue weighted by Gasteiger charge is 2.66. The van der Waals surface area contributed by atoms with Gasteiger partial charge in [0.2, 0.25) is 6.41 Å². The minimum Gasteiger partial charge on any atom is -0.449 e. The third kappa shape index (κ3) is 8.59. The monoisotopic (exact) mass is 646 g/mol. The predicted octanol–water partition coefficient (Wildman–Crippen LogP) is 4.85. The van der Waals surface area contributed by atoms with Crippen LogP contribution in [0.2, 0.25) is 0 Å². The van der Waals surface area contributed by atoms with Crippen LogP contribution in [0.5, 0.6) is 0 Å². The van der Waals surface area contributed by atoms with E-state index in [1.54, 1.807) is 35.5 Å². The number of H-pyrrole nitrogens is 1. The third-order valence-electron chi connectivity index (χ3n) is 8.98. The van der Waals surface area contributed by atoms with E-state index in [1.165, 1.54) is 0 Å². The molecule has 46 heavy (non-hydrogen) atoms. The van der Waals surface area contributed by atoms with Crippen molar-refractivity contribution in [3.63, 3.8) is 0 Å². The molecule has 2 amide bonds. The summed E-state index contributed by atoms with van der Waals surface area (Å²) in [5.41, 5.74) is 7.07. The molecule has 0 aromatic carbocycles. The maximum atomic E-state index is 13.9. The van der Waals surface area contributed by atoms with E-state index in [1.807, 2.05) is 14.0 Å². The minimum absolute atomic E-state index is 0.0265. The molecule has 1 saturated carbocycles. The Morgan fingerprint density at radius 1 is 1.28 bits per heavy atom. The van der Waals surface area contributed by atoms with Gasteiger partial charge in [-0.1, -0.05) is 19.1 Å². The van der Waals surface area contributed by atoms with Gasteiger partial charge in [-0.05, 0) is 76.2 Å². The van der Waals surface area contributed by atoms with Gasteiger partial charge >= 0.3 is 12.3 Å². The first-order valence-electron chi connectivity index (χ1n) is 15.7. The second kappa shape index (κ2) is 15.5. The van der Waals surface area contributed by atoms with Crippen molar-refractivity contribution in [2.24, 2.45) is 17.1 Å². The molecule has 5 rings (SSSR count). The molecule has 2 bridgehead atoms. The molecule has 2 aromatic heterocycles. The maximum absolute atomic E-state index is 13.9. The number of halogens is 3. The van der Waals surface area contributed by atoms with Crippen molar-refractivity contribution < 1.29 is 27.5 Å². The summed E-state index contributed by atoms with van der Waals surface area (Å²) in [4.78, 5) is 30.4. The van der Waals surface area contributed by atoms with E-state index < -0.39 is 17.7 Å². The van der Waals surface area contributed by atoms with Crippen LogP contribution < -0.4 is 16.4 Å². The van der Waals surface area contributed by atoms with E-state index in [2.05, 4.69) is 43.7 Å². The Bertz CT molecular complexity index is 1360. The zero-order valence-electron chi connectivity index (χ0n) is 26.6. The number of aromatic amines is 1. The number of nitrogens with one attached hydrogen (secondary N) is 3. The van der Waals surface area contributed by atoms with Gasteiger partial charge in [-0.15, -0.1) is 0 Å². The number of alkyl halides is 3. The SMILES string of the molecule is CC1=CC2CC(NC=O)CN(/C(=C\N)C3(C(F)(F)F)CC3)CC(C2)c2cn[nH]c21.CCN(C)CCCOC(=O)Nc1ccccn1. The van der Waals surface area contributed by atoms with Gasteiger partial charge in [0.05, 0.1) is 18.5 Å². The number of allylic oxidation sites excluding steroid dienone is 3. The van der Waals surface area contributed by atoms with Crippen molar-refractivity contribution in [3.05, 3.63) is 59.8 Å². The molecule has 5 N–H and O–H groups in total. The lowest BCUT2D eigenvalue weighted by Crippen LogP contribution is -2.47. The average Bonchev–Trinajstić information content (AvgIpc) is 3.70. The Labute approximate surface area is 267 Å². The van der Waals surface area contributed by atoms with Crippen LogP contribution in [0.4, 0.5) is 23.8 Å². The molecular formula is C32H45F3N8O3. The van der Waals surface area contributed by atoms with Gasteiger partial charge in [-0.2, -0.15) is 18.3 Å². The largest absolute Gasteiger partial charge is 0.449 e. The number of anilines is 1. The van der Waals surface area contributed by atoms with Crippen LogP contribution in [0.3, 0.4) is 0 Å². The first-order chi connectivity index (χ1) is 22.0. The van der Waals surface area contributed by atoms with Crippen LogP contribution in [0.1, 0.15) is 63.1 Å². The molecule has 2 aliphatic carbocycles. The maximum Gasteiger partial charge on any atom is 0.412 e. The number of hydrogen-bond donors (Lipinski definition) is 4. The fourth-order valence-corrected chi connectivity index (χ4v) is 6.33. The van der Waals surface area contributed by atoms with E-state index in [4.69, 9.17) is 10.5 Å². The number of fused-ring (bicyclic) bond motifs is 4. The number of carbonyl (C=O) groups excluding carboxylic acids is 2. The highest BCUT2D eigenvalue weighted by molar-refractivity contribution is 5.83. The number of hydrogen-bond acceptors (Lipinski definition) is 8. The molecule has 14 heteroatoms. The first kappa shape index (κ1) is 34.8. The Morgan fingerprint density at radius 2 is 2.07 bits per heavy atom. The molecule has 1 saturated heterocycles. The molecule has 11 nitrogen and oxygen atoms in total. The van der Waals surface area contributed by atoms with E-state index in [0.717, 1.165) is 49.0 Å². The van der Waals surface area contributed by atoms with Crippen molar-refractivity contribution in [2.75, 3.05) is 45.2 Å². The van der Waals surface area contributed by atoms with Crippen molar-refractivity contribution in [1.82, 2.24) is 30.3 Å². The van der Waals surface area contributed by atoms with Gasteiger partial charge in [0.25, 0.3) is 0 Å². The van der Waals surface area contributed by atoms with Gasteiger partial charge in [0.15, 0.2) is 0 Å². The smallest absolute Gasteiger partial charge is 0.412 e. The number of aromatic nitrogens is 3. The molecule has 3 atom stereocenters. The molecule has 3 aliphatic rings. The van der Waals surface area contributed by atoms with Crippen molar-refractivity contribution in [1.29, 1.82) is 0 Å².